The van der Waals surface area contributed by atoms with Crippen LogP contribution in [0.1, 0.15) is 37.8 Å². The molecule has 1 aliphatic heterocycles. The number of carbonyl (C=O) groups excluding carboxylic acids is 1. The molecular weight excluding hydrogens is 262 g/mol. The predicted octanol–water partition coefficient (Wildman–Crippen LogP) is 1.52. The van der Waals surface area contributed by atoms with Crippen molar-refractivity contribution in [3.63, 3.8) is 0 Å². The molecule has 7 heteroatoms. The zero-order valence-corrected chi connectivity index (χ0v) is 11.7. The second-order valence-corrected chi connectivity index (χ2v) is 5.21. The van der Waals surface area contributed by atoms with Crippen LogP contribution in [0.25, 0.3) is 0 Å². The highest BCUT2D eigenvalue weighted by atomic mass is 16.4. The summed E-state index contributed by atoms with van der Waals surface area (Å²) in [6, 6.07) is -0.398. The summed E-state index contributed by atoms with van der Waals surface area (Å²) >= 11 is 0. The van der Waals surface area contributed by atoms with Crippen LogP contribution in [0, 0.1) is 6.92 Å². The van der Waals surface area contributed by atoms with E-state index in [9.17, 15) is 14.7 Å². The molecule has 2 heterocycles. The number of piperidine rings is 1. The van der Waals surface area contributed by atoms with E-state index >= 15 is 0 Å². The molecule has 1 unspecified atom stereocenters. The first-order valence-electron chi connectivity index (χ1n) is 6.63. The molecule has 1 aliphatic rings. The monoisotopic (exact) mass is 281 g/mol. The van der Waals surface area contributed by atoms with E-state index in [1.807, 2.05) is 0 Å². The summed E-state index contributed by atoms with van der Waals surface area (Å²) in [6.45, 7) is 3.95. The van der Waals surface area contributed by atoms with E-state index in [1.54, 1.807) is 20.0 Å². The molecule has 7 nitrogen and oxygen atoms in total. The molecule has 2 N–H and O–H groups in total. The standard InChI is InChI=1S/C13H19N3O4/c1-9-7-14-10(20-9)8-15-12(19)16-6-4-3-5-13(16,2)11(17)18/h7H,3-6,8H2,1-2H3,(H,15,19)(H,17,18). The van der Waals surface area contributed by atoms with E-state index in [0.29, 0.717) is 24.6 Å². The van der Waals surface area contributed by atoms with Gasteiger partial charge in [-0.15, -0.1) is 0 Å². The van der Waals surface area contributed by atoms with Gasteiger partial charge in [-0.1, -0.05) is 0 Å². The molecule has 1 saturated heterocycles. The van der Waals surface area contributed by atoms with Gasteiger partial charge in [-0.3, -0.25) is 0 Å². The lowest BCUT2D eigenvalue weighted by Crippen LogP contribution is -2.59. The highest BCUT2D eigenvalue weighted by Gasteiger charge is 2.43. The van der Waals surface area contributed by atoms with Crippen molar-refractivity contribution in [2.45, 2.75) is 45.2 Å². The average molecular weight is 281 g/mol. The normalized spacial score (nSPS) is 22.6. The third-order valence-electron chi connectivity index (χ3n) is 3.66. The van der Waals surface area contributed by atoms with Crippen molar-refractivity contribution in [1.29, 1.82) is 0 Å². The molecule has 20 heavy (non-hydrogen) atoms. The molecule has 110 valence electrons. The lowest BCUT2D eigenvalue weighted by molar-refractivity contribution is -0.150. The number of oxazole rings is 1. The number of carboxylic acid groups (broad SMARTS) is 1. The van der Waals surface area contributed by atoms with E-state index in [1.165, 1.54) is 4.90 Å². The molecule has 0 aromatic carbocycles. The number of rotatable bonds is 3. The van der Waals surface area contributed by atoms with Crippen LogP contribution in [0.3, 0.4) is 0 Å². The lowest BCUT2D eigenvalue weighted by Gasteiger charge is -2.41. The SMILES string of the molecule is Cc1cnc(CNC(=O)N2CCCCC2(C)C(=O)O)o1. The molecule has 1 fully saturated rings. The Kier molecular flexibility index (Phi) is 3.96. The Morgan fingerprint density at radius 1 is 1.55 bits per heavy atom. The van der Waals surface area contributed by atoms with Crippen molar-refractivity contribution in [2.24, 2.45) is 0 Å². The molecule has 0 aliphatic carbocycles. The average Bonchev–Trinajstić information content (AvgIpc) is 2.82. The van der Waals surface area contributed by atoms with Gasteiger partial charge in [0, 0.05) is 6.54 Å². The first kappa shape index (κ1) is 14.4. The number of hydrogen-bond acceptors (Lipinski definition) is 4. The number of aliphatic carboxylic acids is 1. The summed E-state index contributed by atoms with van der Waals surface area (Å²) < 4.78 is 5.26. The van der Waals surface area contributed by atoms with Crippen LogP contribution in [0.15, 0.2) is 10.6 Å². The molecule has 1 aromatic rings. The maximum absolute atomic E-state index is 12.2. The Balaban J connectivity index is 2.01. The fourth-order valence-corrected chi connectivity index (χ4v) is 2.40. The van der Waals surface area contributed by atoms with Crippen LogP contribution in [0.2, 0.25) is 0 Å². The number of amides is 2. The molecular formula is C13H19N3O4. The number of nitrogens with one attached hydrogen (secondary N) is 1. The maximum atomic E-state index is 12.2. The third-order valence-corrected chi connectivity index (χ3v) is 3.66. The summed E-state index contributed by atoms with van der Waals surface area (Å²) in [5, 5.41) is 12.0. The first-order valence-corrected chi connectivity index (χ1v) is 6.63. The third kappa shape index (κ3) is 2.76. The van der Waals surface area contributed by atoms with Crippen LogP contribution >= 0.6 is 0 Å². The van der Waals surface area contributed by atoms with Crippen LogP contribution in [-0.2, 0) is 11.3 Å². The van der Waals surface area contributed by atoms with Gasteiger partial charge in [0.1, 0.15) is 11.3 Å². The molecule has 1 aromatic heterocycles. The molecule has 2 rings (SSSR count). The van der Waals surface area contributed by atoms with E-state index in [-0.39, 0.29) is 6.54 Å². The summed E-state index contributed by atoms with van der Waals surface area (Å²) in [5.41, 5.74) is -1.14. The van der Waals surface area contributed by atoms with Crippen molar-refractivity contribution in [3.8, 4) is 0 Å². The zero-order valence-electron chi connectivity index (χ0n) is 11.7. The number of nitrogens with zero attached hydrogens (tertiary/aromatic N) is 2. The lowest BCUT2D eigenvalue weighted by atomic mass is 9.89. The summed E-state index contributed by atoms with van der Waals surface area (Å²) in [4.78, 5) is 29.0. The minimum absolute atomic E-state index is 0.152. The summed E-state index contributed by atoms with van der Waals surface area (Å²) in [5.74, 6) is 0.104. The number of carboxylic acids is 1. The summed E-state index contributed by atoms with van der Waals surface area (Å²) in [6.07, 6.45) is 3.66. The first-order chi connectivity index (χ1) is 9.43. The number of likely N-dealkylation sites (tertiary alicyclic amines) is 1. The molecule has 0 saturated carbocycles. The highest BCUT2D eigenvalue weighted by Crippen LogP contribution is 2.28. The van der Waals surface area contributed by atoms with Gasteiger partial charge in [0.05, 0.1) is 12.7 Å². The summed E-state index contributed by atoms with van der Waals surface area (Å²) in [7, 11) is 0. The fraction of sp³-hybridized carbons (Fsp3) is 0.615. The number of aryl methyl sites for hydroxylation is 1. The minimum atomic E-state index is -1.14. The minimum Gasteiger partial charge on any atom is -0.480 e. The molecule has 0 spiro atoms. The van der Waals surface area contributed by atoms with Crippen molar-refractivity contribution < 1.29 is 19.1 Å². The van der Waals surface area contributed by atoms with Crippen LogP contribution < -0.4 is 5.32 Å². The quantitative estimate of drug-likeness (QED) is 0.875. The Bertz CT molecular complexity index is 513. The second kappa shape index (κ2) is 5.52. The van der Waals surface area contributed by atoms with Crippen LogP contribution in [0.4, 0.5) is 4.79 Å². The maximum Gasteiger partial charge on any atom is 0.329 e. The predicted molar refractivity (Wildman–Crippen MR) is 70.1 cm³/mol. The number of carbonyl (C=O) groups is 2. The molecule has 2 amide bonds. The smallest absolute Gasteiger partial charge is 0.329 e. The van der Waals surface area contributed by atoms with Gasteiger partial charge in [-0.2, -0.15) is 0 Å². The van der Waals surface area contributed by atoms with Gasteiger partial charge in [0.15, 0.2) is 0 Å². The van der Waals surface area contributed by atoms with Crippen molar-refractivity contribution in [3.05, 3.63) is 17.8 Å². The van der Waals surface area contributed by atoms with Crippen molar-refractivity contribution in [1.82, 2.24) is 15.2 Å². The molecule has 0 bridgehead atoms. The zero-order chi connectivity index (χ0) is 14.8. The Labute approximate surface area is 117 Å². The van der Waals surface area contributed by atoms with Gasteiger partial charge in [-0.25, -0.2) is 14.6 Å². The molecule has 0 radical (unpaired) electrons. The second-order valence-electron chi connectivity index (χ2n) is 5.21. The van der Waals surface area contributed by atoms with E-state index in [2.05, 4.69) is 10.3 Å². The van der Waals surface area contributed by atoms with Crippen molar-refractivity contribution in [2.75, 3.05) is 6.54 Å². The number of urea groups is 1. The van der Waals surface area contributed by atoms with Crippen molar-refractivity contribution >= 4 is 12.0 Å². The highest BCUT2D eigenvalue weighted by molar-refractivity contribution is 5.86. The van der Waals surface area contributed by atoms with Gasteiger partial charge in [0.25, 0.3) is 0 Å². The van der Waals surface area contributed by atoms with E-state index in [0.717, 1.165) is 12.8 Å². The van der Waals surface area contributed by atoms with Crippen LogP contribution in [-0.4, -0.2) is 39.1 Å². The largest absolute Gasteiger partial charge is 0.480 e. The van der Waals surface area contributed by atoms with Crippen LogP contribution in [0.5, 0.6) is 0 Å². The van der Waals surface area contributed by atoms with Gasteiger partial charge < -0.3 is 19.7 Å². The number of aromatic nitrogens is 1. The van der Waals surface area contributed by atoms with Gasteiger partial charge in [-0.05, 0) is 33.1 Å². The Morgan fingerprint density at radius 2 is 2.30 bits per heavy atom. The van der Waals surface area contributed by atoms with Gasteiger partial charge in [0.2, 0.25) is 5.89 Å². The Hall–Kier alpha value is -2.05. The number of hydrogen-bond donors (Lipinski definition) is 2. The molecule has 1 atom stereocenters. The van der Waals surface area contributed by atoms with Gasteiger partial charge >= 0.3 is 12.0 Å². The van der Waals surface area contributed by atoms with E-state index in [4.69, 9.17) is 4.42 Å². The van der Waals surface area contributed by atoms with E-state index < -0.39 is 17.5 Å². The Morgan fingerprint density at radius 3 is 2.90 bits per heavy atom. The topological polar surface area (TPSA) is 95.7 Å². The fourth-order valence-electron chi connectivity index (χ4n) is 2.40.